The van der Waals surface area contributed by atoms with Crippen LogP contribution in [-0.4, -0.2) is 65.5 Å². The predicted molar refractivity (Wildman–Crippen MR) is 135 cm³/mol. The van der Waals surface area contributed by atoms with Gasteiger partial charge in [0.15, 0.2) is 0 Å². The van der Waals surface area contributed by atoms with Gasteiger partial charge < -0.3 is 14.5 Å². The van der Waals surface area contributed by atoms with Crippen LogP contribution in [0, 0.1) is 5.82 Å². The molecule has 0 bridgehead atoms. The number of carbonyl (C=O) groups excluding carboxylic acids is 1. The van der Waals surface area contributed by atoms with Gasteiger partial charge in [-0.05, 0) is 68.2 Å². The monoisotopic (exact) mass is 499 g/mol. The number of likely N-dealkylation sites (N-methyl/N-ethyl adjacent to an activating group) is 1. The molecule has 1 amide bonds. The summed E-state index contributed by atoms with van der Waals surface area (Å²) in [7, 11) is 2.89. The Morgan fingerprint density at radius 1 is 0.886 bits per heavy atom. The van der Waals surface area contributed by atoms with Crippen LogP contribution < -0.4 is 9.04 Å². The molecule has 0 heterocycles. The minimum atomic E-state index is -3.88. The SMILES string of the molecule is COc1ccccc1N(C)S(=O)(=O)c1ccc(C(=O)N(CCN(C)C)Cc2ccc(F)cc2)cc1. The quantitative estimate of drug-likeness (QED) is 0.424. The number of amides is 1. The zero-order valence-electron chi connectivity index (χ0n) is 20.3. The van der Waals surface area contributed by atoms with Crippen LogP contribution in [0.3, 0.4) is 0 Å². The lowest BCUT2D eigenvalue weighted by Gasteiger charge is -2.25. The van der Waals surface area contributed by atoms with Crippen molar-refractivity contribution in [1.82, 2.24) is 9.80 Å². The fourth-order valence-corrected chi connectivity index (χ4v) is 4.72. The van der Waals surface area contributed by atoms with Gasteiger partial charge in [0.1, 0.15) is 11.6 Å². The fourth-order valence-electron chi connectivity index (χ4n) is 3.51. The van der Waals surface area contributed by atoms with Crippen molar-refractivity contribution in [2.45, 2.75) is 11.4 Å². The average molecular weight is 500 g/mol. The van der Waals surface area contributed by atoms with Crippen molar-refractivity contribution in [3.05, 3.63) is 89.7 Å². The Morgan fingerprint density at radius 2 is 1.51 bits per heavy atom. The first-order chi connectivity index (χ1) is 16.6. The van der Waals surface area contributed by atoms with Crippen LogP contribution in [-0.2, 0) is 16.6 Å². The molecule has 3 aromatic rings. The van der Waals surface area contributed by atoms with Crippen molar-refractivity contribution in [2.24, 2.45) is 0 Å². The third-order valence-corrected chi connectivity index (χ3v) is 7.36. The number of benzene rings is 3. The number of ether oxygens (including phenoxy) is 1. The topological polar surface area (TPSA) is 70.2 Å². The Kier molecular flexibility index (Phi) is 8.48. The van der Waals surface area contributed by atoms with Gasteiger partial charge in [0, 0.05) is 32.2 Å². The second kappa shape index (κ2) is 11.3. The van der Waals surface area contributed by atoms with Crippen LogP contribution in [0.2, 0.25) is 0 Å². The number of nitrogens with zero attached hydrogens (tertiary/aromatic N) is 3. The molecule has 0 spiro atoms. The third kappa shape index (κ3) is 6.37. The lowest BCUT2D eigenvalue weighted by Crippen LogP contribution is -2.36. The first-order valence-electron chi connectivity index (χ1n) is 11.0. The molecule has 0 saturated carbocycles. The highest BCUT2D eigenvalue weighted by Crippen LogP contribution is 2.31. The summed E-state index contributed by atoms with van der Waals surface area (Å²) in [6.07, 6.45) is 0. The van der Waals surface area contributed by atoms with Gasteiger partial charge in [0.25, 0.3) is 15.9 Å². The minimum Gasteiger partial charge on any atom is -0.495 e. The molecular weight excluding hydrogens is 469 g/mol. The molecule has 0 aliphatic heterocycles. The zero-order chi connectivity index (χ0) is 25.6. The Morgan fingerprint density at radius 3 is 2.11 bits per heavy atom. The van der Waals surface area contributed by atoms with Gasteiger partial charge in [-0.1, -0.05) is 24.3 Å². The van der Waals surface area contributed by atoms with E-state index in [2.05, 4.69) is 0 Å². The molecule has 0 aliphatic rings. The molecule has 186 valence electrons. The number of rotatable bonds is 10. The Labute approximate surface area is 206 Å². The number of hydrogen-bond donors (Lipinski definition) is 0. The van der Waals surface area contributed by atoms with Crippen molar-refractivity contribution >= 4 is 21.6 Å². The van der Waals surface area contributed by atoms with Crippen molar-refractivity contribution in [2.75, 3.05) is 45.6 Å². The number of sulfonamides is 1. The lowest BCUT2D eigenvalue weighted by atomic mass is 10.1. The molecular formula is C26H30FN3O4S. The highest BCUT2D eigenvalue weighted by Gasteiger charge is 2.24. The summed E-state index contributed by atoms with van der Waals surface area (Å²) in [6.45, 7) is 1.41. The van der Waals surface area contributed by atoms with E-state index in [1.165, 1.54) is 50.6 Å². The van der Waals surface area contributed by atoms with Crippen molar-refractivity contribution in [3.8, 4) is 5.75 Å². The first kappa shape index (κ1) is 26.2. The minimum absolute atomic E-state index is 0.0563. The smallest absolute Gasteiger partial charge is 0.264 e. The van der Waals surface area contributed by atoms with Crippen molar-refractivity contribution < 1.29 is 22.3 Å². The summed E-state index contributed by atoms with van der Waals surface area (Å²) in [5.41, 5.74) is 1.57. The average Bonchev–Trinajstić information content (AvgIpc) is 2.86. The molecule has 0 aliphatic carbocycles. The zero-order valence-corrected chi connectivity index (χ0v) is 21.1. The second-order valence-corrected chi connectivity index (χ2v) is 10.3. The molecule has 3 aromatic carbocycles. The van der Waals surface area contributed by atoms with Gasteiger partial charge in [-0.2, -0.15) is 0 Å². The third-order valence-electron chi connectivity index (χ3n) is 5.58. The Hall–Kier alpha value is -3.43. The van der Waals surface area contributed by atoms with Crippen LogP contribution in [0.15, 0.2) is 77.7 Å². The summed E-state index contributed by atoms with van der Waals surface area (Å²) in [5, 5.41) is 0. The molecule has 0 unspecified atom stereocenters. The van der Waals surface area contributed by atoms with Gasteiger partial charge in [0.2, 0.25) is 0 Å². The second-order valence-electron chi connectivity index (χ2n) is 8.33. The molecule has 7 nitrogen and oxygen atoms in total. The molecule has 0 radical (unpaired) electrons. The van der Waals surface area contributed by atoms with Crippen LogP contribution in [0.25, 0.3) is 0 Å². The van der Waals surface area contributed by atoms with E-state index in [4.69, 9.17) is 4.74 Å². The highest BCUT2D eigenvalue weighted by molar-refractivity contribution is 7.92. The summed E-state index contributed by atoms with van der Waals surface area (Å²) in [4.78, 5) is 17.0. The van der Waals surface area contributed by atoms with E-state index in [0.717, 1.165) is 9.87 Å². The molecule has 0 saturated heterocycles. The number of anilines is 1. The van der Waals surface area contributed by atoms with E-state index >= 15 is 0 Å². The summed E-state index contributed by atoms with van der Waals surface area (Å²) >= 11 is 0. The maximum Gasteiger partial charge on any atom is 0.264 e. The molecule has 0 fully saturated rings. The number of para-hydroxylation sites is 2. The van der Waals surface area contributed by atoms with E-state index < -0.39 is 10.0 Å². The van der Waals surface area contributed by atoms with E-state index in [9.17, 15) is 17.6 Å². The van der Waals surface area contributed by atoms with Crippen molar-refractivity contribution in [3.63, 3.8) is 0 Å². The van der Waals surface area contributed by atoms with E-state index in [1.807, 2.05) is 19.0 Å². The normalized spacial score (nSPS) is 11.4. The predicted octanol–water partition coefficient (Wildman–Crippen LogP) is 3.86. The van der Waals surface area contributed by atoms with Gasteiger partial charge in [-0.15, -0.1) is 0 Å². The fraction of sp³-hybridized carbons (Fsp3) is 0.269. The maximum absolute atomic E-state index is 13.3. The highest BCUT2D eigenvalue weighted by atomic mass is 32.2. The van der Waals surface area contributed by atoms with Crippen molar-refractivity contribution in [1.29, 1.82) is 0 Å². The van der Waals surface area contributed by atoms with Crippen LogP contribution in [0.4, 0.5) is 10.1 Å². The molecule has 9 heteroatoms. The van der Waals surface area contributed by atoms with Gasteiger partial charge in [-0.3, -0.25) is 9.10 Å². The number of methoxy groups -OCH3 is 1. The molecule has 0 atom stereocenters. The lowest BCUT2D eigenvalue weighted by molar-refractivity contribution is 0.0732. The molecule has 35 heavy (non-hydrogen) atoms. The van der Waals surface area contributed by atoms with Crippen LogP contribution in [0.1, 0.15) is 15.9 Å². The van der Waals surface area contributed by atoms with E-state index in [1.54, 1.807) is 41.3 Å². The maximum atomic E-state index is 13.3. The van der Waals surface area contributed by atoms with Gasteiger partial charge in [-0.25, -0.2) is 12.8 Å². The summed E-state index contributed by atoms with van der Waals surface area (Å²) < 4.78 is 46.1. The largest absolute Gasteiger partial charge is 0.495 e. The van der Waals surface area contributed by atoms with Gasteiger partial charge in [0.05, 0.1) is 17.7 Å². The number of halogens is 1. The van der Waals surface area contributed by atoms with E-state index in [0.29, 0.717) is 36.6 Å². The first-order valence-corrected chi connectivity index (χ1v) is 12.5. The van der Waals surface area contributed by atoms with E-state index in [-0.39, 0.29) is 16.6 Å². The standard InChI is InChI=1S/C26H30FN3O4S/c1-28(2)17-18-30(19-20-9-13-22(27)14-10-20)26(31)21-11-15-23(16-12-21)35(32,33)29(3)24-7-5-6-8-25(24)34-4/h5-16H,17-19H2,1-4H3. The number of hydrogen-bond acceptors (Lipinski definition) is 5. The molecule has 0 N–H and O–H groups in total. The molecule has 0 aromatic heterocycles. The Balaban J connectivity index is 1.83. The molecule has 3 rings (SSSR count). The Bertz CT molecular complexity index is 1250. The van der Waals surface area contributed by atoms with Gasteiger partial charge >= 0.3 is 0 Å². The number of carbonyl (C=O) groups is 1. The summed E-state index contributed by atoms with van der Waals surface area (Å²) in [6, 6.07) is 18.7. The van der Waals surface area contributed by atoms with Crippen LogP contribution in [0.5, 0.6) is 5.75 Å². The summed E-state index contributed by atoms with van der Waals surface area (Å²) in [5.74, 6) is -0.143. The van der Waals surface area contributed by atoms with Crippen LogP contribution >= 0.6 is 0 Å².